The second kappa shape index (κ2) is 11.4. The zero-order valence-corrected chi connectivity index (χ0v) is 20.5. The number of methoxy groups -OCH3 is 1. The SMILES string of the molecule is COC(=O)[C@@H](NC(=O)[C@H](CC(C)C)NC(=O)OC(C)(C)C)Oc1ccc([N+](=O)[O-])c2cccnc12. The van der Waals surface area contributed by atoms with Crippen LogP contribution in [0.1, 0.15) is 41.0 Å². The number of fused-ring (bicyclic) bond motifs is 1. The van der Waals surface area contributed by atoms with Crippen LogP contribution in [0, 0.1) is 16.0 Å². The molecule has 0 spiro atoms. The number of hydrogen-bond donors (Lipinski definition) is 2. The number of hydrogen-bond acceptors (Lipinski definition) is 9. The fourth-order valence-electron chi connectivity index (χ4n) is 3.14. The minimum absolute atomic E-state index is 0.0148. The minimum Gasteiger partial charge on any atom is -0.465 e. The Bertz CT molecular complexity index is 1100. The molecule has 0 aliphatic heterocycles. The summed E-state index contributed by atoms with van der Waals surface area (Å²) in [6.45, 7) is 8.79. The first-order chi connectivity index (χ1) is 16.3. The Kier molecular flexibility index (Phi) is 8.93. The highest BCUT2D eigenvalue weighted by Crippen LogP contribution is 2.31. The molecule has 12 heteroatoms. The molecule has 2 rings (SSSR count). The largest absolute Gasteiger partial charge is 0.465 e. The molecule has 35 heavy (non-hydrogen) atoms. The Balaban J connectivity index is 2.31. The van der Waals surface area contributed by atoms with Gasteiger partial charge in [-0.15, -0.1) is 0 Å². The Morgan fingerprint density at radius 3 is 2.40 bits per heavy atom. The highest BCUT2D eigenvalue weighted by atomic mass is 16.6. The molecule has 0 unspecified atom stereocenters. The van der Waals surface area contributed by atoms with Crippen LogP contribution in [0.5, 0.6) is 5.75 Å². The topological polar surface area (TPSA) is 159 Å². The van der Waals surface area contributed by atoms with E-state index in [-0.39, 0.29) is 34.7 Å². The molecule has 0 aliphatic carbocycles. The van der Waals surface area contributed by atoms with E-state index in [1.54, 1.807) is 20.8 Å². The predicted octanol–water partition coefficient (Wildman–Crippen LogP) is 3.08. The molecule has 2 atom stereocenters. The summed E-state index contributed by atoms with van der Waals surface area (Å²) in [5, 5.41) is 16.5. The third-order valence-electron chi connectivity index (χ3n) is 4.55. The van der Waals surface area contributed by atoms with E-state index in [0.717, 1.165) is 7.11 Å². The monoisotopic (exact) mass is 490 g/mol. The van der Waals surface area contributed by atoms with Gasteiger partial charge in [0.15, 0.2) is 0 Å². The number of aromatic nitrogens is 1. The van der Waals surface area contributed by atoms with Crippen molar-refractivity contribution in [3.63, 3.8) is 0 Å². The van der Waals surface area contributed by atoms with E-state index in [1.165, 1.54) is 30.5 Å². The van der Waals surface area contributed by atoms with Crippen molar-refractivity contribution in [3.8, 4) is 5.75 Å². The number of nitrogens with zero attached hydrogens (tertiary/aromatic N) is 2. The first-order valence-corrected chi connectivity index (χ1v) is 10.9. The van der Waals surface area contributed by atoms with Gasteiger partial charge in [0, 0.05) is 12.3 Å². The number of carbonyl (C=O) groups excluding carboxylic acids is 3. The Morgan fingerprint density at radius 1 is 1.14 bits per heavy atom. The van der Waals surface area contributed by atoms with Gasteiger partial charge in [0.25, 0.3) is 11.9 Å². The highest BCUT2D eigenvalue weighted by molar-refractivity contribution is 5.93. The van der Waals surface area contributed by atoms with Crippen molar-refractivity contribution in [2.24, 2.45) is 5.92 Å². The van der Waals surface area contributed by atoms with Crippen LogP contribution in [0.3, 0.4) is 0 Å². The van der Waals surface area contributed by atoms with E-state index < -0.39 is 40.8 Å². The summed E-state index contributed by atoms with van der Waals surface area (Å²) < 4.78 is 15.7. The van der Waals surface area contributed by atoms with Crippen LogP contribution >= 0.6 is 0 Å². The van der Waals surface area contributed by atoms with E-state index in [2.05, 4.69) is 15.6 Å². The summed E-state index contributed by atoms with van der Waals surface area (Å²) in [5.41, 5.74) is -0.849. The van der Waals surface area contributed by atoms with Gasteiger partial charge >= 0.3 is 12.1 Å². The minimum atomic E-state index is -1.62. The molecule has 0 saturated heterocycles. The number of nitro groups is 1. The fraction of sp³-hybridized carbons (Fsp3) is 0.478. The van der Waals surface area contributed by atoms with Gasteiger partial charge in [0.2, 0.25) is 5.91 Å². The van der Waals surface area contributed by atoms with Crippen molar-refractivity contribution in [1.29, 1.82) is 0 Å². The highest BCUT2D eigenvalue weighted by Gasteiger charge is 2.31. The number of rotatable bonds is 9. The molecule has 0 aliphatic rings. The molecule has 0 radical (unpaired) electrons. The third kappa shape index (κ3) is 7.80. The summed E-state index contributed by atoms with van der Waals surface area (Å²) in [6, 6.07) is 4.47. The van der Waals surface area contributed by atoms with Crippen molar-refractivity contribution in [3.05, 3.63) is 40.6 Å². The number of alkyl carbamates (subject to hydrolysis) is 1. The summed E-state index contributed by atoms with van der Waals surface area (Å²) in [7, 11) is 1.11. The average molecular weight is 491 g/mol. The number of amides is 2. The molecule has 2 aromatic rings. The molecular weight excluding hydrogens is 460 g/mol. The maximum absolute atomic E-state index is 13.0. The lowest BCUT2D eigenvalue weighted by atomic mass is 10.0. The van der Waals surface area contributed by atoms with Gasteiger partial charge < -0.3 is 24.8 Å². The molecule has 2 N–H and O–H groups in total. The van der Waals surface area contributed by atoms with Crippen molar-refractivity contribution >= 4 is 34.6 Å². The molecule has 0 fully saturated rings. The number of pyridine rings is 1. The summed E-state index contributed by atoms with van der Waals surface area (Å²) >= 11 is 0. The fourth-order valence-corrected chi connectivity index (χ4v) is 3.14. The zero-order valence-electron chi connectivity index (χ0n) is 20.5. The molecular formula is C23H30N4O8. The van der Waals surface area contributed by atoms with Gasteiger partial charge in [0.05, 0.1) is 17.4 Å². The predicted molar refractivity (Wildman–Crippen MR) is 126 cm³/mol. The van der Waals surface area contributed by atoms with Crippen LogP contribution < -0.4 is 15.4 Å². The van der Waals surface area contributed by atoms with Crippen molar-refractivity contribution in [2.45, 2.75) is 58.9 Å². The standard InChI is InChI=1S/C23H30N4O8/c1-13(2)12-15(25-22(30)35-23(3,4)5)19(28)26-20(21(29)33-6)34-17-10-9-16(27(31)32)14-8-7-11-24-18(14)17/h7-11,13,15,20H,12H2,1-6H3,(H,25,30)(H,26,28)/t15-,20-/m0/s1. The molecule has 1 heterocycles. The van der Waals surface area contributed by atoms with Gasteiger partial charge in [-0.1, -0.05) is 13.8 Å². The molecule has 0 bridgehead atoms. The second-order valence-electron chi connectivity index (χ2n) is 9.10. The third-order valence-corrected chi connectivity index (χ3v) is 4.55. The number of benzene rings is 1. The van der Waals surface area contributed by atoms with E-state index in [1.807, 2.05) is 13.8 Å². The first kappa shape index (κ1) is 27.3. The number of ether oxygens (including phenoxy) is 3. The molecule has 2 amide bonds. The second-order valence-corrected chi connectivity index (χ2v) is 9.10. The molecule has 1 aromatic heterocycles. The number of nitro benzene ring substituents is 1. The van der Waals surface area contributed by atoms with Gasteiger partial charge in [-0.3, -0.25) is 19.9 Å². The van der Waals surface area contributed by atoms with Gasteiger partial charge in [-0.05, 0) is 51.3 Å². The van der Waals surface area contributed by atoms with E-state index in [4.69, 9.17) is 14.2 Å². The van der Waals surface area contributed by atoms with Gasteiger partial charge in [-0.25, -0.2) is 9.59 Å². The number of esters is 1. The smallest absolute Gasteiger partial charge is 0.408 e. The lowest BCUT2D eigenvalue weighted by Gasteiger charge is -2.26. The van der Waals surface area contributed by atoms with Crippen molar-refractivity contribution in [2.75, 3.05) is 7.11 Å². The lowest BCUT2D eigenvalue weighted by molar-refractivity contribution is -0.383. The number of non-ortho nitro benzene ring substituents is 1. The first-order valence-electron chi connectivity index (χ1n) is 10.9. The number of carbonyl (C=O) groups is 3. The Hall–Kier alpha value is -3.96. The summed E-state index contributed by atoms with van der Waals surface area (Å²) in [4.78, 5) is 52.6. The lowest BCUT2D eigenvalue weighted by Crippen LogP contribution is -2.54. The Morgan fingerprint density at radius 2 is 1.83 bits per heavy atom. The Labute approximate surface area is 202 Å². The number of nitrogens with one attached hydrogen (secondary N) is 2. The molecule has 190 valence electrons. The molecule has 1 aromatic carbocycles. The summed E-state index contributed by atoms with van der Waals surface area (Å²) in [6.07, 6.45) is -0.747. The van der Waals surface area contributed by atoms with Crippen molar-refractivity contribution < 1.29 is 33.5 Å². The average Bonchev–Trinajstić information content (AvgIpc) is 2.75. The quantitative estimate of drug-likeness (QED) is 0.233. The van der Waals surface area contributed by atoms with Crippen molar-refractivity contribution in [1.82, 2.24) is 15.6 Å². The normalized spacial score (nSPS) is 13.0. The van der Waals surface area contributed by atoms with E-state index in [9.17, 15) is 24.5 Å². The van der Waals surface area contributed by atoms with E-state index >= 15 is 0 Å². The van der Waals surface area contributed by atoms with Crippen LogP contribution in [0.25, 0.3) is 10.9 Å². The van der Waals surface area contributed by atoms with Gasteiger partial charge in [0.1, 0.15) is 22.9 Å². The van der Waals surface area contributed by atoms with Crippen LogP contribution in [0.2, 0.25) is 0 Å². The molecule has 12 nitrogen and oxygen atoms in total. The maximum atomic E-state index is 13.0. The molecule has 0 saturated carbocycles. The van der Waals surface area contributed by atoms with Crippen LogP contribution in [0.15, 0.2) is 30.5 Å². The zero-order chi connectivity index (χ0) is 26.3. The van der Waals surface area contributed by atoms with Crippen LogP contribution in [0.4, 0.5) is 10.5 Å². The summed E-state index contributed by atoms with van der Waals surface area (Å²) in [5.74, 6) is -1.61. The van der Waals surface area contributed by atoms with Gasteiger partial charge in [-0.2, -0.15) is 0 Å². The van der Waals surface area contributed by atoms with E-state index in [0.29, 0.717) is 0 Å². The van der Waals surface area contributed by atoms with Crippen LogP contribution in [-0.4, -0.2) is 52.9 Å². The maximum Gasteiger partial charge on any atom is 0.408 e. The van der Waals surface area contributed by atoms with Crippen LogP contribution in [-0.2, 0) is 19.1 Å².